The zero-order chi connectivity index (χ0) is 27.7. The molecule has 1 aliphatic rings. The summed E-state index contributed by atoms with van der Waals surface area (Å²) in [6.45, 7) is 14.4. The lowest BCUT2D eigenvalue weighted by Crippen LogP contribution is -2.42. The van der Waals surface area contributed by atoms with Gasteiger partial charge in [-0.2, -0.15) is 0 Å². The molecule has 0 saturated carbocycles. The minimum absolute atomic E-state index is 0.0953. The smallest absolute Gasteiger partial charge is 0.316 e. The first-order valence-corrected chi connectivity index (χ1v) is 15.8. The number of hydrogen-bond acceptors (Lipinski definition) is 8. The number of anilines is 1. The Hall–Kier alpha value is -3.22. The number of carbonyl (C=O) groups is 2. The fourth-order valence-electron chi connectivity index (χ4n) is 3.80. The van der Waals surface area contributed by atoms with Gasteiger partial charge in [-0.25, -0.2) is 9.67 Å². The Labute approximate surface area is 228 Å². The van der Waals surface area contributed by atoms with Crippen molar-refractivity contribution in [1.29, 1.82) is 0 Å². The topological polar surface area (TPSA) is 128 Å². The zero-order valence-electron chi connectivity index (χ0n) is 22.5. The second-order valence-corrected chi connectivity index (χ2v) is 16.1. The van der Waals surface area contributed by atoms with E-state index in [2.05, 4.69) is 64.7 Å². The monoisotopic (exact) mass is 556 g/mol. The van der Waals surface area contributed by atoms with Crippen molar-refractivity contribution in [1.82, 2.24) is 35.1 Å². The third-order valence-corrected chi connectivity index (χ3v) is 11.9. The van der Waals surface area contributed by atoms with Gasteiger partial charge in [0.2, 0.25) is 5.82 Å². The Morgan fingerprint density at radius 1 is 1.24 bits per heavy atom. The Balaban J connectivity index is 1.48. The molecule has 1 aliphatic heterocycles. The van der Waals surface area contributed by atoms with E-state index in [4.69, 9.17) is 16.0 Å². The minimum atomic E-state index is -1.93. The Kier molecular flexibility index (Phi) is 7.95. The Bertz CT molecular complexity index is 1340. The SMILES string of the molecule is C[C@H](CO[Si](C)(C)C(C)(C)C)n1nnnc1-c1cccc(NC(=O)c2cc3c(cn2)CCN(C(=O)Cl)C3)n1. The summed E-state index contributed by atoms with van der Waals surface area (Å²) < 4.78 is 8.05. The lowest BCUT2D eigenvalue weighted by atomic mass is 10.0. The molecule has 3 aromatic heterocycles. The van der Waals surface area contributed by atoms with E-state index in [9.17, 15) is 9.59 Å². The number of fused-ring (bicyclic) bond motifs is 1. The zero-order valence-corrected chi connectivity index (χ0v) is 24.3. The summed E-state index contributed by atoms with van der Waals surface area (Å²) in [6.07, 6.45) is 2.31. The van der Waals surface area contributed by atoms with E-state index >= 15 is 0 Å². The van der Waals surface area contributed by atoms with Crippen LogP contribution in [0.15, 0.2) is 30.5 Å². The van der Waals surface area contributed by atoms with E-state index in [1.165, 1.54) is 4.90 Å². The predicted octanol–water partition coefficient (Wildman–Crippen LogP) is 4.68. The van der Waals surface area contributed by atoms with Crippen LogP contribution in [0, 0.1) is 0 Å². The quantitative estimate of drug-likeness (QED) is 0.252. The highest BCUT2D eigenvalue weighted by atomic mass is 35.5. The summed E-state index contributed by atoms with van der Waals surface area (Å²) in [5.74, 6) is 0.400. The number of rotatable bonds is 7. The van der Waals surface area contributed by atoms with Gasteiger partial charge in [0.15, 0.2) is 8.32 Å². The number of pyridine rings is 2. The van der Waals surface area contributed by atoms with E-state index in [-0.39, 0.29) is 16.8 Å². The van der Waals surface area contributed by atoms with Gasteiger partial charge in [-0.3, -0.25) is 14.6 Å². The summed E-state index contributed by atoms with van der Waals surface area (Å²) in [5, 5.41) is 14.6. The highest BCUT2D eigenvalue weighted by Crippen LogP contribution is 2.37. The Morgan fingerprint density at radius 3 is 2.71 bits per heavy atom. The molecule has 0 bridgehead atoms. The fourth-order valence-corrected chi connectivity index (χ4v) is 5.03. The lowest BCUT2D eigenvalue weighted by molar-refractivity contribution is 0.102. The molecular weight excluding hydrogens is 524 g/mol. The Morgan fingerprint density at radius 2 is 2.00 bits per heavy atom. The molecular formula is C25H33ClN8O3Si. The van der Waals surface area contributed by atoms with E-state index in [1.807, 2.05) is 6.92 Å². The second-order valence-electron chi connectivity index (χ2n) is 11.0. The van der Waals surface area contributed by atoms with Gasteiger partial charge in [0.1, 0.15) is 17.2 Å². The van der Waals surface area contributed by atoms with Crippen LogP contribution in [0.25, 0.3) is 11.5 Å². The van der Waals surface area contributed by atoms with E-state index in [0.717, 1.165) is 11.1 Å². The molecule has 38 heavy (non-hydrogen) atoms. The maximum atomic E-state index is 13.0. The largest absolute Gasteiger partial charge is 0.415 e. The highest BCUT2D eigenvalue weighted by Gasteiger charge is 2.37. The van der Waals surface area contributed by atoms with E-state index in [0.29, 0.717) is 43.5 Å². The number of halogens is 1. The van der Waals surface area contributed by atoms with Gasteiger partial charge in [0.25, 0.3) is 5.91 Å². The van der Waals surface area contributed by atoms with Gasteiger partial charge >= 0.3 is 5.37 Å². The first kappa shape index (κ1) is 27.8. The van der Waals surface area contributed by atoms with Crippen LogP contribution >= 0.6 is 11.6 Å². The summed E-state index contributed by atoms with van der Waals surface area (Å²) in [7, 11) is -1.93. The third-order valence-electron chi connectivity index (χ3n) is 7.20. The fraction of sp³-hybridized carbons (Fsp3) is 0.480. The molecule has 0 unspecified atom stereocenters. The van der Waals surface area contributed by atoms with E-state index in [1.54, 1.807) is 35.1 Å². The molecule has 0 fully saturated rings. The van der Waals surface area contributed by atoms with Crippen LogP contribution in [0.5, 0.6) is 0 Å². The number of aromatic nitrogens is 6. The number of nitrogens with one attached hydrogen (secondary N) is 1. The van der Waals surface area contributed by atoms with Gasteiger partial charge in [-0.05, 0) is 82.8 Å². The highest BCUT2D eigenvalue weighted by molar-refractivity contribution is 6.74. The van der Waals surface area contributed by atoms with Gasteiger partial charge < -0.3 is 14.6 Å². The second kappa shape index (κ2) is 10.9. The van der Waals surface area contributed by atoms with Crippen LogP contribution in [0.3, 0.4) is 0 Å². The molecule has 1 atom stereocenters. The average Bonchev–Trinajstić information content (AvgIpc) is 3.36. The molecule has 11 nitrogen and oxygen atoms in total. The molecule has 0 saturated heterocycles. The molecule has 0 aromatic carbocycles. The summed E-state index contributed by atoms with van der Waals surface area (Å²) in [5.41, 5.74) is 2.58. The van der Waals surface area contributed by atoms with Crippen molar-refractivity contribution >= 4 is 37.0 Å². The molecule has 3 aromatic rings. The molecule has 4 rings (SSSR count). The van der Waals surface area contributed by atoms with Gasteiger partial charge in [0, 0.05) is 19.3 Å². The van der Waals surface area contributed by atoms with Crippen LogP contribution in [0.2, 0.25) is 18.1 Å². The molecule has 202 valence electrons. The number of tetrazole rings is 1. The predicted molar refractivity (Wildman–Crippen MR) is 146 cm³/mol. The first-order valence-electron chi connectivity index (χ1n) is 12.5. The van der Waals surface area contributed by atoms with E-state index < -0.39 is 19.6 Å². The lowest BCUT2D eigenvalue weighted by Gasteiger charge is -2.36. The van der Waals surface area contributed by atoms with Crippen molar-refractivity contribution < 1.29 is 14.0 Å². The van der Waals surface area contributed by atoms with Crippen LogP contribution < -0.4 is 5.32 Å². The van der Waals surface area contributed by atoms with Gasteiger partial charge in [-0.15, -0.1) is 5.10 Å². The molecule has 0 spiro atoms. The van der Waals surface area contributed by atoms with Crippen molar-refractivity contribution in [2.75, 3.05) is 18.5 Å². The molecule has 1 N–H and O–H groups in total. The minimum Gasteiger partial charge on any atom is -0.415 e. The number of amides is 2. The standard InChI is InChI=1S/C25H33ClN8O3Si/c1-16(15-37-38(5,6)25(2,3)4)34-22(30-31-32-34)19-8-7-9-21(28-19)29-23(35)20-12-18-14-33(24(26)36)11-10-17(18)13-27-20/h7-9,12-13,16H,10-11,14-15H2,1-6H3,(H,28,29,35)/t16-/m1/s1. The van der Waals surface area contributed by atoms with Crippen LogP contribution in [-0.2, 0) is 17.4 Å². The molecule has 0 radical (unpaired) electrons. The van der Waals surface area contributed by atoms with Gasteiger partial charge in [-0.1, -0.05) is 26.8 Å². The number of hydrogen-bond donors (Lipinski definition) is 1. The van der Waals surface area contributed by atoms with Crippen molar-refractivity contribution in [2.24, 2.45) is 0 Å². The maximum Gasteiger partial charge on any atom is 0.316 e. The third kappa shape index (κ3) is 6.08. The van der Waals surface area contributed by atoms with Crippen molar-refractivity contribution in [2.45, 2.75) is 64.8 Å². The summed E-state index contributed by atoms with van der Waals surface area (Å²) >= 11 is 5.64. The first-order chi connectivity index (χ1) is 17.9. The summed E-state index contributed by atoms with van der Waals surface area (Å²) in [6, 6.07) is 6.82. The average molecular weight is 557 g/mol. The van der Waals surface area contributed by atoms with Crippen molar-refractivity contribution in [3.05, 3.63) is 47.3 Å². The maximum absolute atomic E-state index is 13.0. The van der Waals surface area contributed by atoms with Crippen LogP contribution in [-0.4, -0.2) is 67.8 Å². The molecule has 2 amide bonds. The summed E-state index contributed by atoms with van der Waals surface area (Å²) in [4.78, 5) is 34.9. The van der Waals surface area contributed by atoms with Crippen molar-refractivity contribution in [3.8, 4) is 11.5 Å². The van der Waals surface area contributed by atoms with Gasteiger partial charge in [0.05, 0.1) is 12.6 Å². The van der Waals surface area contributed by atoms with Crippen molar-refractivity contribution in [3.63, 3.8) is 0 Å². The van der Waals surface area contributed by atoms with Crippen LogP contribution in [0.4, 0.5) is 10.6 Å². The molecule has 4 heterocycles. The molecule has 13 heteroatoms. The number of carbonyl (C=O) groups excluding carboxylic acids is 2. The number of nitrogens with zero attached hydrogens (tertiary/aromatic N) is 7. The normalized spacial score (nSPS) is 14.7. The van der Waals surface area contributed by atoms with Crippen LogP contribution in [0.1, 0.15) is 55.4 Å². The molecule has 0 aliphatic carbocycles.